The van der Waals surface area contributed by atoms with Crippen LogP contribution in [0.4, 0.5) is 11.4 Å². The van der Waals surface area contributed by atoms with E-state index in [-0.39, 0.29) is 11.4 Å². The first-order valence-corrected chi connectivity index (χ1v) is 7.08. The van der Waals surface area contributed by atoms with E-state index in [9.17, 15) is 4.79 Å². The van der Waals surface area contributed by atoms with Crippen molar-refractivity contribution >= 4 is 17.3 Å². The van der Waals surface area contributed by atoms with Crippen molar-refractivity contribution in [2.24, 2.45) is 0 Å². The molecular weight excluding hydrogens is 254 g/mol. The van der Waals surface area contributed by atoms with Crippen molar-refractivity contribution in [3.8, 4) is 0 Å². The summed E-state index contributed by atoms with van der Waals surface area (Å²) < 4.78 is 5.39. The molecule has 1 fully saturated rings. The predicted octanol–water partition coefficient (Wildman–Crippen LogP) is 2.00. The molecule has 20 heavy (non-hydrogen) atoms. The number of rotatable bonds is 4. The van der Waals surface area contributed by atoms with Gasteiger partial charge in [-0.1, -0.05) is 0 Å². The van der Waals surface area contributed by atoms with Gasteiger partial charge in [0.05, 0.1) is 11.4 Å². The fraction of sp³-hybridized carbons (Fsp3) is 0.533. The van der Waals surface area contributed by atoms with Crippen LogP contribution in [0.2, 0.25) is 0 Å². The molecule has 1 heterocycles. The van der Waals surface area contributed by atoms with E-state index < -0.39 is 0 Å². The fourth-order valence-electron chi connectivity index (χ4n) is 2.34. The molecule has 1 saturated heterocycles. The quantitative estimate of drug-likeness (QED) is 0.736. The molecule has 0 unspecified atom stereocenters. The molecule has 5 nitrogen and oxygen atoms in total. The SMILES string of the molecule is CCNC(=O)c1ccc(N)c(NC2(C)CCOCC2)c1. The van der Waals surface area contributed by atoms with Crippen LogP contribution < -0.4 is 16.4 Å². The summed E-state index contributed by atoms with van der Waals surface area (Å²) in [4.78, 5) is 11.9. The Bertz CT molecular complexity index is 482. The zero-order chi connectivity index (χ0) is 14.6. The average Bonchev–Trinajstić information content (AvgIpc) is 2.42. The van der Waals surface area contributed by atoms with Crippen molar-refractivity contribution in [1.82, 2.24) is 5.32 Å². The van der Waals surface area contributed by atoms with Crippen molar-refractivity contribution in [3.63, 3.8) is 0 Å². The van der Waals surface area contributed by atoms with Crippen LogP contribution >= 0.6 is 0 Å². The van der Waals surface area contributed by atoms with Crippen molar-refractivity contribution in [2.45, 2.75) is 32.2 Å². The van der Waals surface area contributed by atoms with E-state index >= 15 is 0 Å². The number of ether oxygens (including phenoxy) is 1. The maximum atomic E-state index is 11.9. The number of nitrogens with one attached hydrogen (secondary N) is 2. The third kappa shape index (κ3) is 3.42. The first-order valence-electron chi connectivity index (χ1n) is 7.08. The van der Waals surface area contributed by atoms with E-state index in [1.54, 1.807) is 12.1 Å². The molecule has 0 spiro atoms. The van der Waals surface area contributed by atoms with E-state index in [0.717, 1.165) is 31.7 Å². The van der Waals surface area contributed by atoms with Crippen LogP contribution in [0, 0.1) is 0 Å². The van der Waals surface area contributed by atoms with Gasteiger partial charge >= 0.3 is 0 Å². The molecule has 0 atom stereocenters. The monoisotopic (exact) mass is 277 g/mol. The zero-order valence-corrected chi connectivity index (χ0v) is 12.2. The van der Waals surface area contributed by atoms with Gasteiger partial charge in [-0.15, -0.1) is 0 Å². The number of nitrogens with two attached hydrogens (primary N) is 1. The smallest absolute Gasteiger partial charge is 0.251 e. The number of hydrogen-bond donors (Lipinski definition) is 3. The lowest BCUT2D eigenvalue weighted by Gasteiger charge is -2.36. The Balaban J connectivity index is 2.18. The summed E-state index contributed by atoms with van der Waals surface area (Å²) >= 11 is 0. The molecule has 0 aromatic heterocycles. The minimum atomic E-state index is -0.0762. The van der Waals surface area contributed by atoms with E-state index in [4.69, 9.17) is 10.5 Å². The molecule has 1 aliphatic rings. The maximum absolute atomic E-state index is 11.9. The van der Waals surface area contributed by atoms with Crippen molar-refractivity contribution in [3.05, 3.63) is 23.8 Å². The molecule has 0 bridgehead atoms. The fourth-order valence-corrected chi connectivity index (χ4v) is 2.34. The van der Waals surface area contributed by atoms with Gasteiger partial charge in [0.2, 0.25) is 0 Å². The predicted molar refractivity (Wildman–Crippen MR) is 80.9 cm³/mol. The first-order chi connectivity index (χ1) is 9.54. The molecule has 1 aliphatic heterocycles. The Morgan fingerprint density at radius 3 is 2.75 bits per heavy atom. The summed E-state index contributed by atoms with van der Waals surface area (Å²) in [6, 6.07) is 5.34. The Morgan fingerprint density at radius 1 is 1.40 bits per heavy atom. The van der Waals surface area contributed by atoms with E-state index in [1.165, 1.54) is 0 Å². The summed E-state index contributed by atoms with van der Waals surface area (Å²) in [6.07, 6.45) is 1.86. The lowest BCUT2D eigenvalue weighted by Crippen LogP contribution is -2.40. The topological polar surface area (TPSA) is 76.4 Å². The van der Waals surface area contributed by atoms with Gasteiger partial charge in [-0.25, -0.2) is 0 Å². The number of benzene rings is 1. The largest absolute Gasteiger partial charge is 0.397 e. The van der Waals surface area contributed by atoms with Crippen molar-refractivity contribution in [2.75, 3.05) is 30.8 Å². The second kappa shape index (κ2) is 6.13. The number of amides is 1. The van der Waals surface area contributed by atoms with Gasteiger partial charge in [-0.05, 0) is 44.9 Å². The summed E-state index contributed by atoms with van der Waals surface area (Å²) in [5.74, 6) is -0.0762. The Hall–Kier alpha value is -1.75. The Labute approximate surface area is 119 Å². The Kier molecular flexibility index (Phi) is 4.49. The van der Waals surface area contributed by atoms with Gasteiger partial charge in [-0.2, -0.15) is 0 Å². The second-order valence-corrected chi connectivity index (χ2v) is 5.46. The number of carbonyl (C=O) groups excluding carboxylic acids is 1. The molecule has 0 radical (unpaired) electrons. The highest BCUT2D eigenvalue weighted by molar-refractivity contribution is 5.96. The molecule has 5 heteroatoms. The van der Waals surface area contributed by atoms with Crippen LogP contribution in [0.25, 0.3) is 0 Å². The van der Waals surface area contributed by atoms with Gasteiger partial charge in [0.15, 0.2) is 0 Å². The lowest BCUT2D eigenvalue weighted by atomic mass is 9.92. The molecule has 2 rings (SSSR count). The minimum Gasteiger partial charge on any atom is -0.397 e. The summed E-state index contributed by atoms with van der Waals surface area (Å²) in [6.45, 7) is 6.17. The van der Waals surface area contributed by atoms with Gasteiger partial charge in [0.25, 0.3) is 5.91 Å². The molecule has 1 aromatic carbocycles. The lowest BCUT2D eigenvalue weighted by molar-refractivity contribution is 0.0658. The number of carbonyl (C=O) groups is 1. The van der Waals surface area contributed by atoms with E-state index in [0.29, 0.717) is 17.8 Å². The number of anilines is 2. The molecule has 4 N–H and O–H groups in total. The average molecular weight is 277 g/mol. The molecule has 1 amide bonds. The van der Waals surface area contributed by atoms with Gasteiger partial charge in [0.1, 0.15) is 0 Å². The minimum absolute atomic E-state index is 0.0355. The third-order valence-corrected chi connectivity index (χ3v) is 3.69. The van der Waals surface area contributed by atoms with Crippen molar-refractivity contribution in [1.29, 1.82) is 0 Å². The molecular formula is C15H23N3O2. The van der Waals surface area contributed by atoms with Crippen LogP contribution in [-0.2, 0) is 4.74 Å². The Morgan fingerprint density at radius 2 is 2.10 bits per heavy atom. The van der Waals surface area contributed by atoms with E-state index in [1.807, 2.05) is 13.0 Å². The highest BCUT2D eigenvalue weighted by Gasteiger charge is 2.27. The maximum Gasteiger partial charge on any atom is 0.251 e. The van der Waals surface area contributed by atoms with Crippen LogP contribution in [0.5, 0.6) is 0 Å². The highest BCUT2D eigenvalue weighted by Crippen LogP contribution is 2.29. The van der Waals surface area contributed by atoms with Gasteiger partial charge < -0.3 is 21.1 Å². The highest BCUT2D eigenvalue weighted by atomic mass is 16.5. The third-order valence-electron chi connectivity index (χ3n) is 3.69. The summed E-state index contributed by atoms with van der Waals surface area (Å²) in [5, 5.41) is 6.27. The molecule has 0 saturated carbocycles. The van der Waals surface area contributed by atoms with Gasteiger partial charge in [-0.3, -0.25) is 4.79 Å². The van der Waals surface area contributed by atoms with Crippen molar-refractivity contribution < 1.29 is 9.53 Å². The van der Waals surface area contributed by atoms with Gasteiger partial charge in [0, 0.05) is 30.9 Å². The standard InChI is InChI=1S/C15H23N3O2/c1-3-17-14(19)11-4-5-12(16)13(10-11)18-15(2)6-8-20-9-7-15/h4-5,10,18H,3,6-9,16H2,1-2H3,(H,17,19). The van der Waals surface area contributed by atoms with Crippen LogP contribution in [0.15, 0.2) is 18.2 Å². The second-order valence-electron chi connectivity index (χ2n) is 5.46. The number of hydrogen-bond acceptors (Lipinski definition) is 4. The number of nitrogen functional groups attached to an aromatic ring is 1. The molecule has 1 aromatic rings. The summed E-state index contributed by atoms with van der Waals surface area (Å²) in [5.41, 5.74) is 8.08. The molecule has 110 valence electrons. The first kappa shape index (κ1) is 14.7. The van der Waals surface area contributed by atoms with Crippen LogP contribution in [0.3, 0.4) is 0 Å². The normalized spacial score (nSPS) is 17.5. The van der Waals surface area contributed by atoms with Crippen LogP contribution in [-0.4, -0.2) is 31.2 Å². The summed E-state index contributed by atoms with van der Waals surface area (Å²) in [7, 11) is 0. The molecule has 0 aliphatic carbocycles. The zero-order valence-electron chi connectivity index (χ0n) is 12.2. The van der Waals surface area contributed by atoms with Crippen LogP contribution in [0.1, 0.15) is 37.0 Å². The van der Waals surface area contributed by atoms with E-state index in [2.05, 4.69) is 17.6 Å².